The SMILES string of the molecule is CCS(=O)CCNC1CCCCC1. The monoisotopic (exact) mass is 203 g/mol. The van der Waals surface area contributed by atoms with Crippen molar-refractivity contribution in [2.75, 3.05) is 18.1 Å². The molecule has 0 amide bonds. The zero-order chi connectivity index (χ0) is 9.52. The normalized spacial score (nSPS) is 21.6. The van der Waals surface area contributed by atoms with Crippen LogP contribution in [0.5, 0.6) is 0 Å². The van der Waals surface area contributed by atoms with Gasteiger partial charge in [-0.2, -0.15) is 0 Å². The Balaban J connectivity index is 2.01. The minimum Gasteiger partial charge on any atom is -0.313 e. The van der Waals surface area contributed by atoms with Crippen LogP contribution in [-0.4, -0.2) is 28.3 Å². The molecule has 13 heavy (non-hydrogen) atoms. The molecule has 1 rings (SSSR count). The second-order valence-electron chi connectivity index (χ2n) is 3.72. The molecule has 0 aromatic carbocycles. The molecule has 1 unspecified atom stereocenters. The summed E-state index contributed by atoms with van der Waals surface area (Å²) in [6.45, 7) is 2.92. The fourth-order valence-corrected chi connectivity index (χ4v) is 2.46. The minimum atomic E-state index is -0.594. The molecule has 0 aromatic rings. The Labute approximate surface area is 83.9 Å². The van der Waals surface area contributed by atoms with Gasteiger partial charge in [-0.25, -0.2) is 0 Å². The zero-order valence-corrected chi connectivity index (χ0v) is 9.37. The van der Waals surface area contributed by atoms with Crippen LogP contribution in [0.3, 0.4) is 0 Å². The molecule has 0 aromatic heterocycles. The quantitative estimate of drug-likeness (QED) is 0.736. The Kier molecular flexibility index (Phi) is 5.63. The van der Waals surface area contributed by atoms with E-state index in [2.05, 4.69) is 5.32 Å². The van der Waals surface area contributed by atoms with Gasteiger partial charge in [-0.15, -0.1) is 0 Å². The van der Waals surface area contributed by atoms with Crippen molar-refractivity contribution in [2.45, 2.75) is 45.1 Å². The van der Waals surface area contributed by atoms with E-state index in [9.17, 15) is 4.21 Å². The average Bonchev–Trinajstić information content (AvgIpc) is 2.19. The first-order valence-electron chi connectivity index (χ1n) is 5.41. The number of nitrogens with one attached hydrogen (secondary N) is 1. The lowest BCUT2D eigenvalue weighted by Crippen LogP contribution is -2.33. The third kappa shape index (κ3) is 4.77. The van der Waals surface area contributed by atoms with E-state index in [1.54, 1.807) is 0 Å². The second kappa shape index (κ2) is 6.55. The van der Waals surface area contributed by atoms with Crippen molar-refractivity contribution in [3.05, 3.63) is 0 Å². The summed E-state index contributed by atoms with van der Waals surface area (Å²) in [5.41, 5.74) is 0. The maximum Gasteiger partial charge on any atom is 0.0360 e. The largest absolute Gasteiger partial charge is 0.313 e. The predicted octanol–water partition coefficient (Wildman–Crippen LogP) is 1.68. The van der Waals surface area contributed by atoms with Crippen LogP contribution < -0.4 is 5.32 Å². The molecule has 0 radical (unpaired) electrons. The zero-order valence-electron chi connectivity index (χ0n) is 8.55. The third-order valence-corrected chi connectivity index (χ3v) is 3.99. The van der Waals surface area contributed by atoms with Gasteiger partial charge >= 0.3 is 0 Å². The lowest BCUT2D eigenvalue weighted by Gasteiger charge is -2.22. The fourth-order valence-electron chi connectivity index (χ4n) is 1.83. The molecular formula is C10H21NOS. The molecule has 0 bridgehead atoms. The van der Waals surface area contributed by atoms with Crippen molar-refractivity contribution in [1.29, 1.82) is 0 Å². The van der Waals surface area contributed by atoms with Gasteiger partial charge in [-0.3, -0.25) is 4.21 Å². The molecule has 1 atom stereocenters. The summed E-state index contributed by atoms with van der Waals surface area (Å²) in [4.78, 5) is 0. The first-order valence-corrected chi connectivity index (χ1v) is 6.90. The summed E-state index contributed by atoms with van der Waals surface area (Å²) < 4.78 is 11.1. The number of rotatable bonds is 5. The van der Waals surface area contributed by atoms with E-state index in [1.807, 2.05) is 6.92 Å². The van der Waals surface area contributed by atoms with Crippen molar-refractivity contribution in [3.63, 3.8) is 0 Å². The first kappa shape index (κ1) is 11.2. The standard InChI is InChI=1S/C10H21NOS/c1-2-13(12)9-8-11-10-6-4-3-5-7-10/h10-11H,2-9H2,1H3. The lowest BCUT2D eigenvalue weighted by molar-refractivity contribution is 0.380. The van der Waals surface area contributed by atoms with Crippen LogP contribution >= 0.6 is 0 Å². The van der Waals surface area contributed by atoms with Crippen molar-refractivity contribution < 1.29 is 4.21 Å². The van der Waals surface area contributed by atoms with E-state index < -0.39 is 10.8 Å². The molecule has 0 spiro atoms. The van der Waals surface area contributed by atoms with E-state index in [1.165, 1.54) is 32.1 Å². The Morgan fingerprint density at radius 3 is 2.62 bits per heavy atom. The molecule has 1 saturated carbocycles. The fraction of sp³-hybridized carbons (Fsp3) is 1.00. The topological polar surface area (TPSA) is 29.1 Å². The summed E-state index contributed by atoms with van der Waals surface area (Å²) in [6, 6.07) is 0.711. The van der Waals surface area contributed by atoms with Gasteiger partial charge in [0.2, 0.25) is 0 Å². The highest BCUT2D eigenvalue weighted by molar-refractivity contribution is 7.84. The molecule has 3 heteroatoms. The molecule has 2 nitrogen and oxygen atoms in total. The first-order chi connectivity index (χ1) is 6.33. The van der Waals surface area contributed by atoms with Gasteiger partial charge in [-0.1, -0.05) is 26.2 Å². The molecule has 1 aliphatic carbocycles. The van der Waals surface area contributed by atoms with Gasteiger partial charge in [0, 0.05) is 34.9 Å². The van der Waals surface area contributed by atoms with Crippen LogP contribution in [0, 0.1) is 0 Å². The van der Waals surface area contributed by atoms with E-state index in [0.29, 0.717) is 6.04 Å². The Hall–Kier alpha value is 0.110. The molecular weight excluding hydrogens is 182 g/mol. The van der Waals surface area contributed by atoms with Crippen LogP contribution in [0.1, 0.15) is 39.0 Å². The number of hydrogen-bond donors (Lipinski definition) is 1. The average molecular weight is 203 g/mol. The maximum absolute atomic E-state index is 11.1. The van der Waals surface area contributed by atoms with Crippen LogP contribution in [0.4, 0.5) is 0 Å². The predicted molar refractivity (Wildman–Crippen MR) is 58.4 cm³/mol. The van der Waals surface area contributed by atoms with Gasteiger partial charge in [0.1, 0.15) is 0 Å². The smallest absolute Gasteiger partial charge is 0.0360 e. The van der Waals surface area contributed by atoms with Crippen molar-refractivity contribution in [2.24, 2.45) is 0 Å². The molecule has 0 aliphatic heterocycles. The van der Waals surface area contributed by atoms with Crippen LogP contribution in [0.2, 0.25) is 0 Å². The summed E-state index contributed by atoms with van der Waals surface area (Å²) in [7, 11) is -0.594. The van der Waals surface area contributed by atoms with Gasteiger partial charge in [0.15, 0.2) is 0 Å². The van der Waals surface area contributed by atoms with E-state index in [4.69, 9.17) is 0 Å². The van der Waals surface area contributed by atoms with Crippen molar-refractivity contribution in [1.82, 2.24) is 5.32 Å². The second-order valence-corrected chi connectivity index (χ2v) is 5.59. The summed E-state index contributed by atoms with van der Waals surface area (Å²) in [5, 5.41) is 3.49. The van der Waals surface area contributed by atoms with E-state index in [0.717, 1.165) is 18.1 Å². The highest BCUT2D eigenvalue weighted by Gasteiger charge is 2.11. The Morgan fingerprint density at radius 2 is 2.00 bits per heavy atom. The molecule has 0 heterocycles. The highest BCUT2D eigenvalue weighted by Crippen LogP contribution is 2.16. The molecule has 0 saturated heterocycles. The minimum absolute atomic E-state index is 0.594. The van der Waals surface area contributed by atoms with Gasteiger partial charge in [0.05, 0.1) is 0 Å². The van der Waals surface area contributed by atoms with Crippen molar-refractivity contribution in [3.8, 4) is 0 Å². The van der Waals surface area contributed by atoms with Crippen LogP contribution in [0.15, 0.2) is 0 Å². The Morgan fingerprint density at radius 1 is 1.31 bits per heavy atom. The summed E-state index contributed by atoms with van der Waals surface area (Å²) >= 11 is 0. The lowest BCUT2D eigenvalue weighted by atomic mass is 9.96. The number of hydrogen-bond acceptors (Lipinski definition) is 2. The summed E-state index contributed by atoms with van der Waals surface area (Å²) in [6.07, 6.45) is 6.78. The Bertz CT molecular complexity index is 155. The van der Waals surface area contributed by atoms with E-state index >= 15 is 0 Å². The van der Waals surface area contributed by atoms with Gasteiger partial charge < -0.3 is 5.32 Å². The third-order valence-electron chi connectivity index (χ3n) is 2.69. The maximum atomic E-state index is 11.1. The molecule has 78 valence electrons. The van der Waals surface area contributed by atoms with Gasteiger partial charge in [0.25, 0.3) is 0 Å². The van der Waals surface area contributed by atoms with Crippen LogP contribution in [-0.2, 0) is 10.8 Å². The van der Waals surface area contributed by atoms with Crippen LogP contribution in [0.25, 0.3) is 0 Å². The van der Waals surface area contributed by atoms with Gasteiger partial charge in [-0.05, 0) is 12.8 Å². The highest BCUT2D eigenvalue weighted by atomic mass is 32.2. The summed E-state index contributed by atoms with van der Waals surface area (Å²) in [5.74, 6) is 1.62. The van der Waals surface area contributed by atoms with E-state index in [-0.39, 0.29) is 0 Å². The van der Waals surface area contributed by atoms with Crippen molar-refractivity contribution >= 4 is 10.8 Å². The molecule has 1 N–H and O–H groups in total. The molecule has 1 fully saturated rings. The molecule has 1 aliphatic rings.